The van der Waals surface area contributed by atoms with E-state index in [2.05, 4.69) is 24.1 Å². The van der Waals surface area contributed by atoms with Crippen molar-refractivity contribution in [1.82, 2.24) is 10.2 Å². The normalized spacial score (nSPS) is 16.2. The molecule has 134 valence electrons. The molecule has 0 aromatic heterocycles. The molecule has 0 aliphatic carbocycles. The third kappa shape index (κ3) is 3.82. The van der Waals surface area contributed by atoms with E-state index < -0.39 is 11.8 Å². The maximum Gasteiger partial charge on any atom is 0.265 e. The average molecular weight is 361 g/mol. The summed E-state index contributed by atoms with van der Waals surface area (Å²) in [5, 5.41) is 2.68. The molecule has 0 atom stereocenters. The Labute approximate surface area is 153 Å². The number of carbonyl (C=O) groups is 2. The summed E-state index contributed by atoms with van der Waals surface area (Å²) < 4.78 is 5.46. The molecule has 0 saturated carbocycles. The number of amides is 2. The lowest BCUT2D eigenvalue weighted by Crippen LogP contribution is -2.53. The molecular weight excluding hydrogens is 338 g/mol. The number of ether oxygens (including phenoxy) is 1. The summed E-state index contributed by atoms with van der Waals surface area (Å²) in [6, 6.07) is 5.71. The summed E-state index contributed by atoms with van der Waals surface area (Å²) in [5.41, 5.74) is 1.74. The number of nitrogens with zero attached hydrogens (tertiary/aromatic N) is 2. The summed E-state index contributed by atoms with van der Waals surface area (Å²) in [5.74, 6) is -0.283. The van der Waals surface area contributed by atoms with Gasteiger partial charge < -0.3 is 9.64 Å². The Hall–Kier alpha value is -2.41. The molecule has 1 heterocycles. The molecule has 7 heteroatoms. The zero-order valence-corrected chi connectivity index (χ0v) is 15.8. The van der Waals surface area contributed by atoms with Gasteiger partial charge in [-0.15, -0.1) is 0 Å². The zero-order valence-electron chi connectivity index (χ0n) is 15.0. The number of anilines is 1. The molecule has 2 rings (SSSR count). The first-order valence-electron chi connectivity index (χ1n) is 8.28. The van der Waals surface area contributed by atoms with E-state index >= 15 is 0 Å². The summed E-state index contributed by atoms with van der Waals surface area (Å²) in [6.45, 7) is 8.12. The number of rotatable bonds is 6. The summed E-state index contributed by atoms with van der Waals surface area (Å²) >= 11 is 5.03. The van der Waals surface area contributed by atoms with Crippen LogP contribution in [0.1, 0.15) is 26.3 Å². The van der Waals surface area contributed by atoms with Crippen molar-refractivity contribution in [3.05, 3.63) is 29.3 Å². The molecule has 0 spiro atoms. The van der Waals surface area contributed by atoms with Gasteiger partial charge in [0.15, 0.2) is 5.11 Å². The molecule has 1 fully saturated rings. The monoisotopic (exact) mass is 361 g/mol. The first-order chi connectivity index (χ1) is 12.0. The average Bonchev–Trinajstić information content (AvgIpc) is 2.60. The molecule has 1 aliphatic heterocycles. The predicted octanol–water partition coefficient (Wildman–Crippen LogP) is 2.19. The molecule has 25 heavy (non-hydrogen) atoms. The Morgan fingerprint density at radius 2 is 1.92 bits per heavy atom. The highest BCUT2D eigenvalue weighted by atomic mass is 32.1. The number of likely N-dealkylation sites (N-methyl/N-ethyl adjacent to an activating group) is 1. The second kappa shape index (κ2) is 8.11. The molecule has 1 N–H and O–H groups in total. The Morgan fingerprint density at radius 3 is 2.48 bits per heavy atom. The SMILES string of the molecule is CCN1C(=O)/C(=C/c2ccc(N(CC)CC)cc2OC)C(=O)NC1=S. The van der Waals surface area contributed by atoms with E-state index in [1.54, 1.807) is 20.1 Å². The van der Waals surface area contributed by atoms with Crippen LogP contribution in [0, 0.1) is 0 Å². The van der Waals surface area contributed by atoms with Crippen molar-refractivity contribution in [2.45, 2.75) is 20.8 Å². The summed E-state index contributed by atoms with van der Waals surface area (Å²) in [7, 11) is 1.57. The highest BCUT2D eigenvalue weighted by Crippen LogP contribution is 2.28. The molecule has 1 aromatic carbocycles. The van der Waals surface area contributed by atoms with E-state index in [0.29, 0.717) is 17.9 Å². The maximum atomic E-state index is 12.5. The summed E-state index contributed by atoms with van der Waals surface area (Å²) in [4.78, 5) is 28.2. The van der Waals surface area contributed by atoms with Crippen LogP contribution in [0.25, 0.3) is 6.08 Å². The maximum absolute atomic E-state index is 12.5. The Kier molecular flexibility index (Phi) is 6.14. The minimum absolute atomic E-state index is 0.0457. The van der Waals surface area contributed by atoms with Crippen LogP contribution in [0.5, 0.6) is 5.75 Å². The fourth-order valence-corrected chi connectivity index (χ4v) is 3.05. The van der Waals surface area contributed by atoms with Crippen molar-refractivity contribution < 1.29 is 14.3 Å². The van der Waals surface area contributed by atoms with Crippen molar-refractivity contribution >= 4 is 40.9 Å². The van der Waals surface area contributed by atoms with Gasteiger partial charge in [0.05, 0.1) is 7.11 Å². The third-order valence-electron chi connectivity index (χ3n) is 4.15. The predicted molar refractivity (Wildman–Crippen MR) is 103 cm³/mol. The van der Waals surface area contributed by atoms with Crippen molar-refractivity contribution in [3.8, 4) is 5.75 Å². The molecule has 6 nitrogen and oxygen atoms in total. The topological polar surface area (TPSA) is 61.9 Å². The fraction of sp³-hybridized carbons (Fsp3) is 0.389. The lowest BCUT2D eigenvalue weighted by Gasteiger charge is -2.27. The van der Waals surface area contributed by atoms with Gasteiger partial charge in [-0.05, 0) is 51.2 Å². The van der Waals surface area contributed by atoms with Gasteiger partial charge in [-0.25, -0.2) is 0 Å². The van der Waals surface area contributed by atoms with Crippen LogP contribution in [0.15, 0.2) is 23.8 Å². The number of thiocarbonyl (C=S) groups is 1. The number of benzene rings is 1. The van der Waals surface area contributed by atoms with Gasteiger partial charge in [-0.1, -0.05) is 0 Å². The van der Waals surface area contributed by atoms with Gasteiger partial charge >= 0.3 is 0 Å². The van der Waals surface area contributed by atoms with Crippen LogP contribution >= 0.6 is 12.2 Å². The van der Waals surface area contributed by atoms with Crippen LogP contribution in [0.4, 0.5) is 5.69 Å². The van der Waals surface area contributed by atoms with E-state index in [-0.39, 0.29) is 10.7 Å². The van der Waals surface area contributed by atoms with Gasteiger partial charge in [0.2, 0.25) is 0 Å². The number of methoxy groups -OCH3 is 1. The minimum atomic E-state index is -0.491. The lowest BCUT2D eigenvalue weighted by atomic mass is 10.1. The highest BCUT2D eigenvalue weighted by molar-refractivity contribution is 7.80. The molecule has 0 unspecified atom stereocenters. The van der Waals surface area contributed by atoms with Gasteiger partial charge in [0, 0.05) is 37.0 Å². The zero-order chi connectivity index (χ0) is 18.6. The van der Waals surface area contributed by atoms with Crippen LogP contribution in [0.2, 0.25) is 0 Å². The molecule has 1 saturated heterocycles. The van der Waals surface area contributed by atoms with E-state index in [0.717, 1.165) is 18.8 Å². The lowest BCUT2D eigenvalue weighted by molar-refractivity contribution is -0.128. The van der Waals surface area contributed by atoms with Crippen LogP contribution in [-0.2, 0) is 9.59 Å². The van der Waals surface area contributed by atoms with Crippen molar-refractivity contribution in [2.75, 3.05) is 31.6 Å². The van der Waals surface area contributed by atoms with E-state index in [9.17, 15) is 9.59 Å². The van der Waals surface area contributed by atoms with Crippen LogP contribution in [-0.4, -0.2) is 48.6 Å². The summed E-state index contributed by atoms with van der Waals surface area (Å²) in [6.07, 6.45) is 1.55. The van der Waals surface area contributed by atoms with E-state index in [1.165, 1.54) is 4.90 Å². The largest absolute Gasteiger partial charge is 0.496 e. The molecule has 0 radical (unpaired) electrons. The first-order valence-corrected chi connectivity index (χ1v) is 8.69. The second-order valence-corrected chi connectivity index (χ2v) is 5.85. The van der Waals surface area contributed by atoms with Crippen molar-refractivity contribution in [1.29, 1.82) is 0 Å². The number of hydrogen-bond donors (Lipinski definition) is 1. The van der Waals surface area contributed by atoms with E-state index in [4.69, 9.17) is 17.0 Å². The number of hydrogen-bond acceptors (Lipinski definition) is 5. The molecule has 1 aliphatic rings. The molecule has 1 aromatic rings. The standard InChI is InChI=1S/C18H23N3O3S/c1-5-20(6-2)13-9-8-12(15(11-13)24-4)10-14-16(22)19-18(25)21(7-3)17(14)23/h8-11H,5-7H2,1-4H3,(H,19,22,25)/b14-10+. The van der Waals surface area contributed by atoms with Gasteiger partial charge in [0.1, 0.15) is 11.3 Å². The van der Waals surface area contributed by atoms with Crippen LogP contribution in [0.3, 0.4) is 0 Å². The minimum Gasteiger partial charge on any atom is -0.496 e. The Morgan fingerprint density at radius 1 is 1.24 bits per heavy atom. The van der Waals surface area contributed by atoms with Gasteiger partial charge in [-0.2, -0.15) is 0 Å². The fourth-order valence-electron chi connectivity index (χ4n) is 2.74. The second-order valence-electron chi connectivity index (χ2n) is 5.47. The Balaban J connectivity index is 2.44. The molecular formula is C18H23N3O3S. The third-order valence-corrected chi connectivity index (χ3v) is 4.47. The Bertz CT molecular complexity index is 726. The molecule has 0 bridgehead atoms. The van der Waals surface area contributed by atoms with Crippen molar-refractivity contribution in [2.24, 2.45) is 0 Å². The number of nitrogens with one attached hydrogen (secondary N) is 1. The highest BCUT2D eigenvalue weighted by Gasteiger charge is 2.32. The van der Waals surface area contributed by atoms with Gasteiger partial charge in [-0.3, -0.25) is 19.8 Å². The van der Waals surface area contributed by atoms with Crippen LogP contribution < -0.4 is 15.0 Å². The van der Waals surface area contributed by atoms with Crippen molar-refractivity contribution in [3.63, 3.8) is 0 Å². The smallest absolute Gasteiger partial charge is 0.265 e. The quantitative estimate of drug-likeness (QED) is 0.478. The first kappa shape index (κ1) is 18.9. The molecule has 2 amide bonds. The number of carbonyl (C=O) groups excluding carboxylic acids is 2. The van der Waals surface area contributed by atoms with Gasteiger partial charge in [0.25, 0.3) is 11.8 Å². The van der Waals surface area contributed by atoms with E-state index in [1.807, 2.05) is 18.2 Å².